The van der Waals surface area contributed by atoms with E-state index in [9.17, 15) is 9.59 Å². The van der Waals surface area contributed by atoms with E-state index >= 15 is 0 Å². The zero-order valence-corrected chi connectivity index (χ0v) is 17.6. The second-order valence-corrected chi connectivity index (χ2v) is 8.01. The molecule has 3 aromatic carbocycles. The summed E-state index contributed by atoms with van der Waals surface area (Å²) in [6.07, 6.45) is 0.460. The minimum absolute atomic E-state index is 0.0280. The molecule has 0 bridgehead atoms. The summed E-state index contributed by atoms with van der Waals surface area (Å²) in [5.41, 5.74) is 2.40. The summed E-state index contributed by atoms with van der Waals surface area (Å²) in [7, 11) is 0. The van der Waals surface area contributed by atoms with Crippen molar-refractivity contribution in [1.29, 1.82) is 0 Å². The van der Waals surface area contributed by atoms with Gasteiger partial charge in [-0.1, -0.05) is 83.9 Å². The molecule has 1 aliphatic heterocycles. The molecule has 0 aromatic heterocycles. The van der Waals surface area contributed by atoms with Gasteiger partial charge in [0, 0.05) is 23.0 Å². The van der Waals surface area contributed by atoms with Crippen LogP contribution in [0, 0.1) is 0 Å². The van der Waals surface area contributed by atoms with Crippen molar-refractivity contribution in [3.05, 3.63) is 106 Å². The van der Waals surface area contributed by atoms with Crippen molar-refractivity contribution in [2.75, 3.05) is 6.54 Å². The average molecular weight is 439 g/mol. The Morgan fingerprint density at radius 3 is 2.13 bits per heavy atom. The number of hydrogen-bond acceptors (Lipinski definition) is 2. The highest BCUT2D eigenvalue weighted by Crippen LogP contribution is 2.32. The van der Waals surface area contributed by atoms with Crippen LogP contribution < -0.4 is 5.32 Å². The summed E-state index contributed by atoms with van der Waals surface area (Å²) in [6.45, 7) is 0.559. The van der Waals surface area contributed by atoms with Crippen LogP contribution in [0.3, 0.4) is 0 Å². The highest BCUT2D eigenvalue weighted by Gasteiger charge is 2.37. The third-order valence-corrected chi connectivity index (χ3v) is 5.86. The molecule has 0 radical (unpaired) electrons. The number of likely N-dealkylation sites (tertiary alicyclic amines) is 1. The molecule has 0 spiro atoms. The van der Waals surface area contributed by atoms with Crippen molar-refractivity contribution in [2.45, 2.75) is 18.5 Å². The zero-order valence-electron chi connectivity index (χ0n) is 16.1. The van der Waals surface area contributed by atoms with Crippen LogP contribution in [0.4, 0.5) is 0 Å². The second kappa shape index (κ2) is 8.90. The smallest absolute Gasteiger partial charge is 0.248 e. The highest BCUT2D eigenvalue weighted by atomic mass is 35.5. The first-order valence-corrected chi connectivity index (χ1v) is 10.4. The van der Waals surface area contributed by atoms with Gasteiger partial charge in [-0.15, -0.1) is 0 Å². The Labute approximate surface area is 185 Å². The third kappa shape index (κ3) is 4.20. The number of carbonyl (C=O) groups excluding carboxylic acids is 2. The van der Waals surface area contributed by atoms with Gasteiger partial charge in [0.15, 0.2) is 0 Å². The van der Waals surface area contributed by atoms with Gasteiger partial charge in [-0.05, 0) is 34.9 Å². The molecule has 0 saturated carbocycles. The van der Waals surface area contributed by atoms with Crippen LogP contribution in [0.2, 0.25) is 10.0 Å². The van der Waals surface area contributed by atoms with Crippen LogP contribution >= 0.6 is 23.2 Å². The molecule has 0 unspecified atom stereocenters. The maximum atomic E-state index is 13.5. The second-order valence-electron chi connectivity index (χ2n) is 7.17. The minimum atomic E-state index is -0.690. The topological polar surface area (TPSA) is 49.4 Å². The Kier molecular flexibility index (Phi) is 6.07. The lowest BCUT2D eigenvalue weighted by Crippen LogP contribution is -2.51. The maximum absolute atomic E-state index is 13.5. The van der Waals surface area contributed by atoms with Gasteiger partial charge in [0.25, 0.3) is 0 Å². The van der Waals surface area contributed by atoms with Crippen LogP contribution in [0.25, 0.3) is 0 Å². The average Bonchev–Trinajstić information content (AvgIpc) is 2.76. The normalized spacial score (nSPS) is 15.3. The van der Waals surface area contributed by atoms with Crippen LogP contribution in [0.5, 0.6) is 0 Å². The Morgan fingerprint density at radius 2 is 1.53 bits per heavy atom. The molecule has 4 rings (SSSR count). The van der Waals surface area contributed by atoms with Crippen molar-refractivity contribution in [2.24, 2.45) is 0 Å². The maximum Gasteiger partial charge on any atom is 0.248 e. The van der Waals surface area contributed by atoms with Gasteiger partial charge in [-0.3, -0.25) is 9.59 Å². The molecule has 3 aromatic rings. The number of hydrogen-bond donors (Lipinski definition) is 1. The monoisotopic (exact) mass is 438 g/mol. The number of nitrogens with zero attached hydrogens (tertiary/aromatic N) is 1. The fourth-order valence-electron chi connectivity index (χ4n) is 3.64. The molecule has 30 heavy (non-hydrogen) atoms. The first-order valence-electron chi connectivity index (χ1n) is 9.69. The molecule has 1 N–H and O–H groups in total. The van der Waals surface area contributed by atoms with Crippen molar-refractivity contribution in [3.63, 3.8) is 0 Å². The van der Waals surface area contributed by atoms with Crippen LogP contribution in [0.1, 0.15) is 35.2 Å². The van der Waals surface area contributed by atoms with Crippen LogP contribution in [-0.4, -0.2) is 23.3 Å². The SMILES string of the molecule is O=C(N[C@@H](c1ccc(Cl)cc1)c1ccccc1Cl)[C@@H](c1ccccc1)N1CCC1=O. The van der Waals surface area contributed by atoms with Crippen LogP contribution in [0.15, 0.2) is 78.9 Å². The number of carbonyl (C=O) groups is 2. The van der Waals surface area contributed by atoms with Crippen molar-refractivity contribution in [3.8, 4) is 0 Å². The summed E-state index contributed by atoms with van der Waals surface area (Å²) >= 11 is 12.5. The van der Waals surface area contributed by atoms with Gasteiger partial charge in [-0.2, -0.15) is 0 Å². The Morgan fingerprint density at radius 1 is 0.867 bits per heavy atom. The number of nitrogens with one attached hydrogen (secondary N) is 1. The fraction of sp³-hybridized carbons (Fsp3) is 0.167. The number of halogens is 2. The summed E-state index contributed by atoms with van der Waals surface area (Å²) in [4.78, 5) is 27.3. The molecule has 1 saturated heterocycles. The molecule has 152 valence electrons. The molecule has 4 nitrogen and oxygen atoms in total. The van der Waals surface area contributed by atoms with E-state index in [1.807, 2.05) is 60.7 Å². The molecule has 0 aliphatic carbocycles. The third-order valence-electron chi connectivity index (χ3n) is 5.27. The summed E-state index contributed by atoms with van der Waals surface area (Å²) in [5.74, 6) is -0.283. The van der Waals surface area contributed by atoms with E-state index in [1.165, 1.54) is 0 Å². The number of rotatable bonds is 6. The van der Waals surface area contributed by atoms with E-state index in [0.717, 1.165) is 16.7 Å². The number of β-lactam (4-membered cyclic amide) rings is 1. The van der Waals surface area contributed by atoms with E-state index in [-0.39, 0.29) is 11.8 Å². The molecule has 2 amide bonds. The standard InChI is InChI=1S/C24H20Cl2N2O2/c25-18-12-10-16(11-13-18)22(19-8-4-5-9-20(19)26)27-24(30)23(28-15-14-21(28)29)17-6-2-1-3-7-17/h1-13,22-23H,14-15H2,(H,27,30)/t22-,23+/m0/s1. The summed E-state index contributed by atoms with van der Waals surface area (Å²) in [5, 5.41) is 4.28. The fourth-order valence-corrected chi connectivity index (χ4v) is 4.01. The van der Waals surface area contributed by atoms with E-state index in [2.05, 4.69) is 5.32 Å². The predicted molar refractivity (Wildman–Crippen MR) is 118 cm³/mol. The van der Waals surface area contributed by atoms with Crippen LogP contribution in [-0.2, 0) is 9.59 Å². The van der Waals surface area contributed by atoms with Gasteiger partial charge in [0.05, 0.1) is 6.04 Å². The first-order chi connectivity index (χ1) is 14.5. The van der Waals surface area contributed by atoms with Gasteiger partial charge < -0.3 is 10.2 Å². The molecule has 2 atom stereocenters. The number of benzene rings is 3. The van der Waals surface area contributed by atoms with E-state index in [4.69, 9.17) is 23.2 Å². The predicted octanol–water partition coefficient (Wildman–Crippen LogP) is 5.17. The Bertz CT molecular complexity index is 1050. The first kappa shape index (κ1) is 20.5. The molecule has 1 aliphatic rings. The van der Waals surface area contributed by atoms with Gasteiger partial charge in [0.2, 0.25) is 11.8 Å². The van der Waals surface area contributed by atoms with Gasteiger partial charge >= 0.3 is 0 Å². The van der Waals surface area contributed by atoms with E-state index in [0.29, 0.717) is 23.0 Å². The minimum Gasteiger partial charge on any atom is -0.343 e. The Hall–Kier alpha value is -2.82. The van der Waals surface area contributed by atoms with E-state index in [1.54, 1.807) is 23.1 Å². The molecular formula is C24H20Cl2N2O2. The number of amides is 2. The van der Waals surface area contributed by atoms with E-state index < -0.39 is 12.1 Å². The van der Waals surface area contributed by atoms with Gasteiger partial charge in [0.1, 0.15) is 6.04 Å². The summed E-state index contributed by atoms with van der Waals surface area (Å²) < 4.78 is 0. The molecule has 1 fully saturated rings. The zero-order chi connectivity index (χ0) is 21.1. The highest BCUT2D eigenvalue weighted by molar-refractivity contribution is 6.31. The lowest BCUT2D eigenvalue weighted by molar-refractivity contribution is -0.149. The van der Waals surface area contributed by atoms with Crippen molar-refractivity contribution in [1.82, 2.24) is 10.2 Å². The summed E-state index contributed by atoms with van der Waals surface area (Å²) in [6, 6.07) is 22.9. The lowest BCUT2D eigenvalue weighted by atomic mass is 9.96. The van der Waals surface area contributed by atoms with Gasteiger partial charge in [-0.25, -0.2) is 0 Å². The quantitative estimate of drug-likeness (QED) is 0.539. The van der Waals surface area contributed by atoms with Crippen molar-refractivity contribution >= 4 is 35.0 Å². The molecule has 1 heterocycles. The molecule has 6 heteroatoms. The van der Waals surface area contributed by atoms with Crippen molar-refractivity contribution < 1.29 is 9.59 Å². The largest absolute Gasteiger partial charge is 0.343 e. The Balaban J connectivity index is 1.70. The lowest BCUT2D eigenvalue weighted by Gasteiger charge is -2.38. The molecular weight excluding hydrogens is 419 g/mol.